The summed E-state index contributed by atoms with van der Waals surface area (Å²) in [6, 6.07) is 0. The second kappa shape index (κ2) is 8.85. The normalized spacial score (nSPS) is 13.7. The lowest BCUT2D eigenvalue weighted by atomic mass is 10.1. The van der Waals surface area contributed by atoms with Crippen LogP contribution >= 0.6 is 24.8 Å². The van der Waals surface area contributed by atoms with Crippen molar-refractivity contribution in [2.24, 2.45) is 0 Å². The first-order valence-corrected chi connectivity index (χ1v) is 5.29. The highest BCUT2D eigenvalue weighted by Gasteiger charge is 2.08. The number of hydrogen-bond donors (Lipinski definition) is 2. The Hall–Kier alpha value is -1.17. The van der Waals surface area contributed by atoms with Crippen LogP contribution in [0.2, 0.25) is 0 Å². The summed E-state index contributed by atoms with van der Waals surface area (Å²) in [5, 5.41) is 6.05. The van der Waals surface area contributed by atoms with Crippen molar-refractivity contribution >= 4 is 30.7 Å². The second-order valence-corrected chi connectivity index (χ2v) is 3.59. The van der Waals surface area contributed by atoms with Gasteiger partial charge in [-0.15, -0.1) is 24.8 Å². The van der Waals surface area contributed by atoms with Crippen molar-refractivity contribution in [2.45, 2.75) is 6.42 Å². The van der Waals surface area contributed by atoms with Gasteiger partial charge < -0.3 is 10.6 Å². The van der Waals surface area contributed by atoms with E-state index in [1.54, 1.807) is 6.20 Å². The van der Waals surface area contributed by atoms with Crippen molar-refractivity contribution in [3.8, 4) is 0 Å². The van der Waals surface area contributed by atoms with E-state index in [1.807, 2.05) is 0 Å². The van der Waals surface area contributed by atoms with Crippen molar-refractivity contribution in [1.82, 2.24) is 20.6 Å². The summed E-state index contributed by atoms with van der Waals surface area (Å²) in [4.78, 5) is 19.4. The Kier molecular flexibility index (Phi) is 8.28. The summed E-state index contributed by atoms with van der Waals surface area (Å²) < 4.78 is 0. The molecule has 0 spiro atoms. The average molecular weight is 291 g/mol. The Labute approximate surface area is 118 Å². The van der Waals surface area contributed by atoms with E-state index in [9.17, 15) is 4.79 Å². The lowest BCUT2D eigenvalue weighted by Crippen LogP contribution is -2.30. The van der Waals surface area contributed by atoms with Gasteiger partial charge in [0.05, 0.1) is 6.20 Å². The van der Waals surface area contributed by atoms with E-state index in [2.05, 4.69) is 26.7 Å². The minimum Gasteiger partial charge on any atom is -0.347 e. The Bertz CT molecular complexity index is 397. The van der Waals surface area contributed by atoms with Crippen LogP contribution in [0.1, 0.15) is 16.9 Å². The molecule has 0 aromatic carbocycles. The van der Waals surface area contributed by atoms with Crippen molar-refractivity contribution in [3.05, 3.63) is 35.9 Å². The van der Waals surface area contributed by atoms with Crippen LogP contribution < -0.4 is 10.6 Å². The average Bonchev–Trinajstić information content (AvgIpc) is 2.38. The molecule has 2 rings (SSSR count). The second-order valence-electron chi connectivity index (χ2n) is 3.59. The lowest BCUT2D eigenvalue weighted by Gasteiger charge is -2.14. The van der Waals surface area contributed by atoms with Gasteiger partial charge in [-0.2, -0.15) is 0 Å². The first kappa shape index (κ1) is 16.8. The Balaban J connectivity index is 0.00000144. The van der Waals surface area contributed by atoms with Crippen LogP contribution in [0.5, 0.6) is 0 Å². The summed E-state index contributed by atoms with van der Waals surface area (Å²) in [5.74, 6) is -0.174. The van der Waals surface area contributed by atoms with Crippen LogP contribution in [-0.4, -0.2) is 35.5 Å². The number of nitrogens with one attached hydrogen (secondary N) is 2. The minimum atomic E-state index is -0.174. The molecular formula is C11H16Cl2N4O. The van der Waals surface area contributed by atoms with Crippen LogP contribution in [0.4, 0.5) is 0 Å². The fraction of sp³-hybridized carbons (Fsp3) is 0.364. The maximum Gasteiger partial charge on any atom is 0.271 e. The summed E-state index contributed by atoms with van der Waals surface area (Å²) in [7, 11) is 0. The smallest absolute Gasteiger partial charge is 0.271 e. The molecule has 18 heavy (non-hydrogen) atoms. The van der Waals surface area contributed by atoms with Crippen LogP contribution in [0.15, 0.2) is 30.2 Å². The molecule has 0 fully saturated rings. The Morgan fingerprint density at radius 3 is 2.83 bits per heavy atom. The molecule has 2 N–H and O–H groups in total. The summed E-state index contributed by atoms with van der Waals surface area (Å²) in [5.41, 5.74) is 1.62. The van der Waals surface area contributed by atoms with Crippen LogP contribution in [0.25, 0.3) is 0 Å². The predicted molar refractivity (Wildman–Crippen MR) is 74.4 cm³/mol. The van der Waals surface area contributed by atoms with Crippen molar-refractivity contribution < 1.29 is 4.79 Å². The summed E-state index contributed by atoms with van der Waals surface area (Å²) in [6.45, 7) is 2.46. The first-order valence-electron chi connectivity index (χ1n) is 5.29. The molecule has 5 nitrogen and oxygen atoms in total. The molecule has 0 unspecified atom stereocenters. The van der Waals surface area contributed by atoms with Gasteiger partial charge in [-0.05, 0) is 13.0 Å². The van der Waals surface area contributed by atoms with E-state index in [0.29, 0.717) is 12.2 Å². The van der Waals surface area contributed by atoms with Gasteiger partial charge in [-0.25, -0.2) is 4.98 Å². The monoisotopic (exact) mass is 290 g/mol. The zero-order valence-electron chi connectivity index (χ0n) is 9.76. The minimum absolute atomic E-state index is 0. The third kappa shape index (κ3) is 5.00. The van der Waals surface area contributed by atoms with Crippen LogP contribution in [-0.2, 0) is 0 Å². The molecule has 1 aromatic rings. The number of hydrogen-bond acceptors (Lipinski definition) is 4. The number of nitrogens with zero attached hydrogens (tertiary/aromatic N) is 2. The molecule has 1 aliphatic rings. The van der Waals surface area contributed by atoms with Gasteiger partial charge >= 0.3 is 0 Å². The molecule has 0 bridgehead atoms. The van der Waals surface area contributed by atoms with E-state index < -0.39 is 0 Å². The highest BCUT2D eigenvalue weighted by atomic mass is 35.5. The number of rotatable bonds is 3. The molecule has 100 valence electrons. The van der Waals surface area contributed by atoms with Gasteiger partial charge in [0.25, 0.3) is 5.91 Å². The number of aromatic nitrogens is 2. The molecule has 1 amide bonds. The van der Waals surface area contributed by atoms with Crippen LogP contribution in [0, 0.1) is 0 Å². The molecule has 2 heterocycles. The lowest BCUT2D eigenvalue weighted by molar-refractivity contribution is 0.0951. The van der Waals surface area contributed by atoms with Gasteiger partial charge in [0, 0.05) is 25.5 Å². The molecule has 0 aliphatic carbocycles. The van der Waals surface area contributed by atoms with Gasteiger partial charge in [0.1, 0.15) is 5.69 Å². The largest absolute Gasteiger partial charge is 0.347 e. The van der Waals surface area contributed by atoms with Gasteiger partial charge in [0.2, 0.25) is 0 Å². The van der Waals surface area contributed by atoms with E-state index >= 15 is 0 Å². The molecule has 1 aliphatic heterocycles. The molecule has 0 radical (unpaired) electrons. The number of carbonyl (C=O) groups is 1. The molecule has 0 atom stereocenters. The zero-order valence-corrected chi connectivity index (χ0v) is 11.4. The maximum absolute atomic E-state index is 11.6. The molecule has 7 heteroatoms. The van der Waals surface area contributed by atoms with Gasteiger partial charge in [-0.1, -0.05) is 11.6 Å². The molecule has 0 saturated heterocycles. The molecule has 0 saturated carbocycles. The van der Waals surface area contributed by atoms with Gasteiger partial charge in [0.15, 0.2) is 0 Å². The fourth-order valence-electron chi connectivity index (χ4n) is 1.53. The third-order valence-corrected chi connectivity index (χ3v) is 2.43. The topological polar surface area (TPSA) is 66.9 Å². The van der Waals surface area contributed by atoms with E-state index in [-0.39, 0.29) is 30.7 Å². The number of halogens is 2. The maximum atomic E-state index is 11.6. The predicted octanol–water partition coefficient (Wildman–Crippen LogP) is 0.970. The highest BCUT2D eigenvalue weighted by molar-refractivity contribution is 5.91. The first-order chi connectivity index (χ1) is 7.86. The number of carbonyl (C=O) groups excluding carboxylic acids is 1. The third-order valence-electron chi connectivity index (χ3n) is 2.43. The summed E-state index contributed by atoms with van der Waals surface area (Å²) >= 11 is 0. The van der Waals surface area contributed by atoms with E-state index in [0.717, 1.165) is 19.5 Å². The zero-order chi connectivity index (χ0) is 11.2. The van der Waals surface area contributed by atoms with E-state index in [1.165, 1.54) is 18.0 Å². The molecule has 1 aromatic heterocycles. The number of amides is 1. The standard InChI is InChI=1S/C11H14N4O.2ClH/c16-11(10-8-13-5-6-14-10)15-7-9-1-3-12-4-2-9;;/h1,5-6,8,12H,2-4,7H2,(H,15,16);2*1H. The summed E-state index contributed by atoms with van der Waals surface area (Å²) in [6.07, 6.45) is 7.62. The van der Waals surface area contributed by atoms with Crippen molar-refractivity contribution in [3.63, 3.8) is 0 Å². The Morgan fingerprint density at radius 2 is 2.22 bits per heavy atom. The highest BCUT2D eigenvalue weighted by Crippen LogP contribution is 2.02. The quantitative estimate of drug-likeness (QED) is 0.814. The SMILES string of the molecule is Cl.Cl.O=C(NCC1=CCNCC1)c1cnccn1. The van der Waals surface area contributed by atoms with E-state index in [4.69, 9.17) is 0 Å². The van der Waals surface area contributed by atoms with Crippen LogP contribution in [0.3, 0.4) is 0 Å². The fourth-order valence-corrected chi connectivity index (χ4v) is 1.53. The van der Waals surface area contributed by atoms with Crippen molar-refractivity contribution in [2.75, 3.05) is 19.6 Å². The molecular weight excluding hydrogens is 275 g/mol. The van der Waals surface area contributed by atoms with Gasteiger partial charge in [-0.3, -0.25) is 9.78 Å². The Morgan fingerprint density at radius 1 is 1.39 bits per heavy atom. The van der Waals surface area contributed by atoms with Crippen molar-refractivity contribution in [1.29, 1.82) is 0 Å².